The van der Waals surface area contributed by atoms with Gasteiger partial charge in [-0.25, -0.2) is 0 Å². The summed E-state index contributed by atoms with van der Waals surface area (Å²) in [5, 5.41) is 2.36. The molecule has 6 heteroatoms. The summed E-state index contributed by atoms with van der Waals surface area (Å²) in [5.41, 5.74) is 1.35. The van der Waals surface area contributed by atoms with Gasteiger partial charge in [0.05, 0.1) is 21.2 Å². The van der Waals surface area contributed by atoms with Gasteiger partial charge in [-0.05, 0) is 60.7 Å². The van der Waals surface area contributed by atoms with Gasteiger partial charge in [-0.15, -0.1) is 0 Å². The molecule has 42 heavy (non-hydrogen) atoms. The van der Waals surface area contributed by atoms with Crippen molar-refractivity contribution in [2.45, 2.75) is 0 Å². The quantitative estimate of drug-likeness (QED) is 0.161. The van der Waals surface area contributed by atoms with Crippen molar-refractivity contribution in [1.82, 2.24) is 0 Å². The highest BCUT2D eigenvalue weighted by Crippen LogP contribution is 2.51. The molecule has 0 atom stereocenters. The highest BCUT2D eigenvalue weighted by atomic mass is 31.2. The Kier molecular flexibility index (Phi) is 7.93. The van der Waals surface area contributed by atoms with Gasteiger partial charge < -0.3 is 9.05 Å². The first-order valence-corrected chi connectivity index (χ1v) is 16.8. The zero-order valence-electron chi connectivity index (χ0n) is 22.7. The van der Waals surface area contributed by atoms with Crippen LogP contribution in [0.15, 0.2) is 170 Å². The van der Waals surface area contributed by atoms with Crippen molar-refractivity contribution in [2.75, 3.05) is 0 Å². The van der Waals surface area contributed by atoms with E-state index in [-0.39, 0.29) is 0 Å². The van der Waals surface area contributed by atoms with Crippen molar-refractivity contribution in [3.63, 3.8) is 0 Å². The molecule has 0 aliphatic rings. The molecular formula is C36H28O4P2. The molecule has 0 saturated carbocycles. The first-order valence-electron chi connectivity index (χ1n) is 13.6. The Balaban J connectivity index is 1.46. The molecule has 0 aliphatic carbocycles. The van der Waals surface area contributed by atoms with Crippen molar-refractivity contribution in [1.29, 1.82) is 0 Å². The lowest BCUT2D eigenvalue weighted by molar-refractivity contribution is 0.499. The van der Waals surface area contributed by atoms with Gasteiger partial charge in [0.25, 0.3) is 0 Å². The second-order valence-electron chi connectivity index (χ2n) is 9.62. The Hall–Kier alpha value is -4.62. The van der Waals surface area contributed by atoms with Crippen molar-refractivity contribution >= 4 is 36.0 Å². The second-order valence-corrected chi connectivity index (χ2v) is 14.3. The third-order valence-electron chi connectivity index (χ3n) is 6.90. The van der Waals surface area contributed by atoms with E-state index in [0.717, 1.165) is 0 Å². The van der Waals surface area contributed by atoms with Crippen LogP contribution in [0, 0.1) is 0 Å². The van der Waals surface area contributed by atoms with E-state index < -0.39 is 14.7 Å². The van der Waals surface area contributed by atoms with E-state index in [1.165, 1.54) is 0 Å². The smallest absolute Gasteiger partial charge is 0.306 e. The molecule has 0 radical (unpaired) electrons. The minimum absolute atomic E-state index is 0.429. The van der Waals surface area contributed by atoms with Crippen molar-refractivity contribution < 1.29 is 18.2 Å². The Bertz CT molecular complexity index is 1650. The van der Waals surface area contributed by atoms with Crippen molar-refractivity contribution in [3.05, 3.63) is 170 Å². The second kappa shape index (κ2) is 12.1. The van der Waals surface area contributed by atoms with Gasteiger partial charge >= 0.3 is 14.7 Å². The van der Waals surface area contributed by atoms with Gasteiger partial charge in [-0.1, -0.05) is 109 Å². The molecule has 0 fully saturated rings. The summed E-state index contributed by atoms with van der Waals surface area (Å²) in [6, 6.07) is 51.9. The number of benzene rings is 6. The normalized spacial score (nSPS) is 11.5. The highest BCUT2D eigenvalue weighted by molar-refractivity contribution is 7.75. The van der Waals surface area contributed by atoms with Crippen LogP contribution < -0.4 is 30.3 Å². The van der Waals surface area contributed by atoms with E-state index >= 15 is 0 Å². The Labute approximate surface area is 246 Å². The van der Waals surface area contributed by atoms with E-state index in [1.54, 1.807) is 12.1 Å². The van der Waals surface area contributed by atoms with Crippen LogP contribution >= 0.6 is 14.7 Å². The molecule has 4 nitrogen and oxygen atoms in total. The Morgan fingerprint density at radius 1 is 0.310 bits per heavy atom. The van der Waals surface area contributed by atoms with Gasteiger partial charge in [0.15, 0.2) is 0 Å². The molecule has 0 heterocycles. The van der Waals surface area contributed by atoms with Gasteiger partial charge in [0.1, 0.15) is 11.5 Å². The number of hydrogen-bond acceptors (Lipinski definition) is 4. The fourth-order valence-electron chi connectivity index (χ4n) is 4.82. The van der Waals surface area contributed by atoms with Crippen molar-refractivity contribution in [3.8, 4) is 22.6 Å². The molecule has 0 N–H and O–H groups in total. The van der Waals surface area contributed by atoms with E-state index in [2.05, 4.69) is 0 Å². The number of hydrogen-bond donors (Lipinski definition) is 0. The monoisotopic (exact) mass is 586 g/mol. The standard InChI is InChI=1S/C36H28O4P2/c37-41(29-17-5-1-6-18-29,30-19-7-2-8-20-30)39-35-27-15-13-25-33(35)34-26-14-16-28-36(34)40-42(38,31-21-9-3-10-22-31)32-23-11-4-12-24-32/h1-28H. The maximum absolute atomic E-state index is 14.8. The van der Waals surface area contributed by atoms with Crippen molar-refractivity contribution in [2.24, 2.45) is 0 Å². The molecule has 0 aromatic heterocycles. The molecule has 206 valence electrons. The average molecular weight is 587 g/mol. The van der Waals surface area contributed by atoms with E-state index in [4.69, 9.17) is 9.05 Å². The van der Waals surface area contributed by atoms with E-state index in [1.807, 2.05) is 158 Å². The molecule has 0 bridgehead atoms. The summed E-state index contributed by atoms with van der Waals surface area (Å²) >= 11 is 0. The minimum Gasteiger partial charge on any atom is -0.436 e. The third kappa shape index (κ3) is 5.48. The lowest BCUT2D eigenvalue weighted by Gasteiger charge is -2.24. The van der Waals surface area contributed by atoms with Crippen LogP contribution in [0.3, 0.4) is 0 Å². The maximum Gasteiger partial charge on any atom is 0.306 e. The number of para-hydroxylation sites is 2. The highest BCUT2D eigenvalue weighted by Gasteiger charge is 2.33. The van der Waals surface area contributed by atoms with Crippen LogP contribution in [0.2, 0.25) is 0 Å². The largest absolute Gasteiger partial charge is 0.436 e. The molecule has 0 amide bonds. The molecule has 0 saturated heterocycles. The third-order valence-corrected chi connectivity index (χ3v) is 11.7. The van der Waals surface area contributed by atoms with Crippen LogP contribution in [-0.2, 0) is 9.13 Å². The lowest BCUT2D eigenvalue weighted by atomic mass is 10.0. The predicted molar refractivity (Wildman–Crippen MR) is 173 cm³/mol. The van der Waals surface area contributed by atoms with Crippen LogP contribution in [0.4, 0.5) is 0 Å². The summed E-state index contributed by atoms with van der Waals surface area (Å²) in [5.74, 6) is 0.859. The number of rotatable bonds is 9. The zero-order chi connectivity index (χ0) is 28.8. The summed E-state index contributed by atoms with van der Waals surface area (Å²) < 4.78 is 42.6. The molecular weight excluding hydrogens is 558 g/mol. The maximum atomic E-state index is 14.8. The van der Waals surface area contributed by atoms with Crippen LogP contribution in [-0.4, -0.2) is 0 Å². The van der Waals surface area contributed by atoms with Gasteiger partial charge in [-0.3, -0.25) is 9.13 Å². The summed E-state index contributed by atoms with van der Waals surface area (Å²) in [7, 11) is -7.08. The Morgan fingerprint density at radius 2 is 0.548 bits per heavy atom. The molecule has 6 rings (SSSR count). The zero-order valence-corrected chi connectivity index (χ0v) is 24.5. The average Bonchev–Trinajstić information content (AvgIpc) is 3.07. The Morgan fingerprint density at radius 3 is 0.833 bits per heavy atom. The fourth-order valence-corrected chi connectivity index (χ4v) is 8.97. The summed E-state index contributed by atoms with van der Waals surface area (Å²) in [6.07, 6.45) is 0. The van der Waals surface area contributed by atoms with Gasteiger partial charge in [0, 0.05) is 11.1 Å². The molecule has 0 spiro atoms. The molecule has 0 aliphatic heterocycles. The van der Waals surface area contributed by atoms with Gasteiger partial charge in [0.2, 0.25) is 0 Å². The summed E-state index contributed by atoms with van der Waals surface area (Å²) in [6.45, 7) is 0. The predicted octanol–water partition coefficient (Wildman–Crippen LogP) is 7.97. The molecule has 6 aromatic carbocycles. The first kappa shape index (κ1) is 27.5. The van der Waals surface area contributed by atoms with E-state index in [9.17, 15) is 9.13 Å². The first-order chi connectivity index (χ1) is 20.6. The van der Waals surface area contributed by atoms with Crippen LogP contribution in [0.1, 0.15) is 0 Å². The molecule has 6 aromatic rings. The lowest BCUT2D eigenvalue weighted by Crippen LogP contribution is -2.20. The summed E-state index contributed by atoms with van der Waals surface area (Å²) in [4.78, 5) is 0. The van der Waals surface area contributed by atoms with Crippen LogP contribution in [0.5, 0.6) is 11.5 Å². The van der Waals surface area contributed by atoms with Gasteiger partial charge in [-0.2, -0.15) is 0 Å². The van der Waals surface area contributed by atoms with Crippen LogP contribution in [0.25, 0.3) is 11.1 Å². The minimum atomic E-state index is -3.54. The topological polar surface area (TPSA) is 52.6 Å². The fraction of sp³-hybridized carbons (Fsp3) is 0. The molecule has 0 unspecified atom stereocenters. The SMILES string of the molecule is O=P(Oc1ccccc1-c1ccccc1OP(=O)(c1ccccc1)c1ccccc1)(c1ccccc1)c1ccccc1. The van der Waals surface area contributed by atoms with E-state index in [0.29, 0.717) is 43.8 Å².